The van der Waals surface area contributed by atoms with Crippen molar-refractivity contribution in [2.45, 2.75) is 18.9 Å². The van der Waals surface area contributed by atoms with Gasteiger partial charge in [0.1, 0.15) is 0 Å². The molecule has 1 saturated heterocycles. The predicted molar refractivity (Wildman–Crippen MR) is 57.5 cm³/mol. The molecule has 0 spiro atoms. The molecule has 1 fully saturated rings. The normalized spacial score (nSPS) is 24.1. The molecule has 1 aromatic rings. The molecule has 1 aliphatic heterocycles. The second-order valence-electron chi connectivity index (χ2n) is 4.60. The number of carbonyl (C=O) groups is 1. The number of hydrogen-bond donors (Lipinski definition) is 1. The topological polar surface area (TPSA) is 40.5 Å². The van der Waals surface area contributed by atoms with Crippen LogP contribution >= 0.6 is 0 Å². The minimum absolute atomic E-state index is 0.0987. The zero-order valence-electron chi connectivity index (χ0n) is 9.41. The van der Waals surface area contributed by atoms with E-state index in [4.69, 9.17) is 0 Å². The summed E-state index contributed by atoms with van der Waals surface area (Å²) in [4.78, 5) is 13.4. The lowest BCUT2D eigenvalue weighted by Gasteiger charge is -2.19. The van der Waals surface area contributed by atoms with Crippen molar-refractivity contribution in [3.8, 4) is 0 Å². The molecule has 0 aromatic heterocycles. The van der Waals surface area contributed by atoms with Crippen LogP contribution in [0.3, 0.4) is 0 Å². The Bertz CT molecular complexity index is 460. The van der Waals surface area contributed by atoms with Crippen molar-refractivity contribution in [1.29, 1.82) is 0 Å². The van der Waals surface area contributed by atoms with Crippen molar-refractivity contribution >= 4 is 5.91 Å². The fourth-order valence-corrected chi connectivity index (χ4v) is 1.93. The first-order chi connectivity index (χ1) is 7.89. The van der Waals surface area contributed by atoms with E-state index in [-0.39, 0.29) is 18.0 Å². The zero-order valence-corrected chi connectivity index (χ0v) is 9.41. The van der Waals surface area contributed by atoms with Gasteiger partial charge in [-0.05, 0) is 31.5 Å². The van der Waals surface area contributed by atoms with Crippen molar-refractivity contribution in [3.63, 3.8) is 0 Å². The number of likely N-dealkylation sites (tertiary alicyclic amines) is 1. The van der Waals surface area contributed by atoms with Crippen molar-refractivity contribution in [2.24, 2.45) is 0 Å². The number of amides is 1. The molecule has 2 rings (SSSR count). The molecule has 92 valence electrons. The van der Waals surface area contributed by atoms with Crippen molar-refractivity contribution < 1.29 is 18.7 Å². The third-order valence-corrected chi connectivity index (χ3v) is 2.91. The average molecular weight is 241 g/mol. The van der Waals surface area contributed by atoms with Crippen molar-refractivity contribution in [1.82, 2.24) is 4.90 Å². The first-order valence-corrected chi connectivity index (χ1v) is 5.36. The van der Waals surface area contributed by atoms with E-state index >= 15 is 0 Å². The molecule has 1 amide bonds. The van der Waals surface area contributed by atoms with Gasteiger partial charge in [0.25, 0.3) is 5.91 Å². The summed E-state index contributed by atoms with van der Waals surface area (Å²) in [5.74, 6) is -2.40. The molecule has 5 heteroatoms. The van der Waals surface area contributed by atoms with Crippen LogP contribution in [-0.2, 0) is 0 Å². The summed E-state index contributed by atoms with van der Waals surface area (Å²) in [5, 5.41) is 9.73. The molecule has 1 heterocycles. The van der Waals surface area contributed by atoms with Crippen LogP contribution in [0, 0.1) is 11.6 Å². The Morgan fingerprint density at radius 2 is 2.12 bits per heavy atom. The maximum Gasteiger partial charge on any atom is 0.254 e. The number of rotatable bonds is 1. The van der Waals surface area contributed by atoms with Gasteiger partial charge in [-0.15, -0.1) is 0 Å². The average Bonchev–Trinajstić information content (AvgIpc) is 2.62. The number of halogens is 2. The number of β-amino-alcohol motifs (C(OH)–C–C–N with tert-alkyl or cyclic N) is 1. The first kappa shape index (κ1) is 12.0. The quantitative estimate of drug-likeness (QED) is 0.810. The van der Waals surface area contributed by atoms with Gasteiger partial charge in [0.2, 0.25) is 0 Å². The minimum Gasteiger partial charge on any atom is -0.388 e. The van der Waals surface area contributed by atoms with Gasteiger partial charge < -0.3 is 10.0 Å². The van der Waals surface area contributed by atoms with E-state index in [0.29, 0.717) is 13.0 Å². The van der Waals surface area contributed by atoms with E-state index in [1.54, 1.807) is 6.92 Å². The molecule has 1 aromatic carbocycles. The van der Waals surface area contributed by atoms with Gasteiger partial charge in [0.15, 0.2) is 11.6 Å². The maximum atomic E-state index is 13.0. The Balaban J connectivity index is 2.18. The molecule has 1 aliphatic rings. The molecular weight excluding hydrogens is 228 g/mol. The van der Waals surface area contributed by atoms with Crippen molar-refractivity contribution in [2.75, 3.05) is 13.1 Å². The SMILES string of the molecule is CC1(O)CCN(C(=O)c2ccc(F)c(F)c2)C1. The van der Waals surface area contributed by atoms with E-state index in [9.17, 15) is 18.7 Å². The lowest BCUT2D eigenvalue weighted by atomic mass is 10.1. The Labute approximate surface area is 97.7 Å². The molecule has 0 saturated carbocycles. The minimum atomic E-state index is -1.04. The number of benzene rings is 1. The summed E-state index contributed by atoms with van der Waals surface area (Å²) < 4.78 is 25.7. The summed E-state index contributed by atoms with van der Waals surface area (Å²) >= 11 is 0. The van der Waals surface area contributed by atoms with Crippen LogP contribution in [0.5, 0.6) is 0 Å². The monoisotopic (exact) mass is 241 g/mol. The molecule has 1 unspecified atom stereocenters. The number of carbonyl (C=O) groups excluding carboxylic acids is 1. The lowest BCUT2D eigenvalue weighted by molar-refractivity contribution is 0.0572. The van der Waals surface area contributed by atoms with Gasteiger partial charge in [-0.1, -0.05) is 0 Å². The number of nitrogens with zero attached hydrogens (tertiary/aromatic N) is 1. The van der Waals surface area contributed by atoms with Crippen LogP contribution in [0.25, 0.3) is 0 Å². The molecule has 0 radical (unpaired) electrons. The van der Waals surface area contributed by atoms with Gasteiger partial charge in [-0.2, -0.15) is 0 Å². The van der Waals surface area contributed by atoms with Crippen LogP contribution in [0.4, 0.5) is 8.78 Å². The largest absolute Gasteiger partial charge is 0.388 e. The van der Waals surface area contributed by atoms with E-state index in [0.717, 1.165) is 12.1 Å². The fraction of sp³-hybridized carbons (Fsp3) is 0.417. The van der Waals surface area contributed by atoms with Gasteiger partial charge in [0, 0.05) is 18.7 Å². The van der Waals surface area contributed by atoms with E-state index in [2.05, 4.69) is 0 Å². The Morgan fingerprint density at radius 1 is 1.41 bits per heavy atom. The van der Waals surface area contributed by atoms with Crippen molar-refractivity contribution in [3.05, 3.63) is 35.4 Å². The van der Waals surface area contributed by atoms with Crippen LogP contribution < -0.4 is 0 Å². The second-order valence-corrected chi connectivity index (χ2v) is 4.60. The molecule has 0 aliphatic carbocycles. The van der Waals surface area contributed by atoms with E-state index in [1.807, 2.05) is 0 Å². The standard InChI is InChI=1S/C12H13F2NO2/c1-12(17)4-5-15(7-12)11(16)8-2-3-9(13)10(14)6-8/h2-3,6,17H,4-5,7H2,1H3. The highest BCUT2D eigenvalue weighted by atomic mass is 19.2. The first-order valence-electron chi connectivity index (χ1n) is 5.36. The molecule has 1 atom stereocenters. The summed E-state index contributed by atoms with van der Waals surface area (Å²) in [7, 11) is 0. The predicted octanol–water partition coefficient (Wildman–Crippen LogP) is 1.56. The zero-order chi connectivity index (χ0) is 12.6. The van der Waals surface area contributed by atoms with Gasteiger partial charge in [0.05, 0.1) is 5.60 Å². The van der Waals surface area contributed by atoms with Gasteiger partial charge >= 0.3 is 0 Å². The lowest BCUT2D eigenvalue weighted by Crippen LogP contribution is -2.33. The summed E-state index contributed by atoms with van der Waals surface area (Å²) in [6.07, 6.45) is 0.489. The molecule has 1 N–H and O–H groups in total. The maximum absolute atomic E-state index is 13.0. The smallest absolute Gasteiger partial charge is 0.254 e. The van der Waals surface area contributed by atoms with Gasteiger partial charge in [-0.25, -0.2) is 8.78 Å². The molecular formula is C12H13F2NO2. The van der Waals surface area contributed by atoms with E-state index < -0.39 is 17.2 Å². The molecule has 3 nitrogen and oxygen atoms in total. The Kier molecular flexibility index (Phi) is 2.87. The van der Waals surface area contributed by atoms with Crippen LogP contribution in [0.2, 0.25) is 0 Å². The summed E-state index contributed by atoms with van der Waals surface area (Å²) in [6, 6.07) is 3.05. The number of aliphatic hydroxyl groups is 1. The third-order valence-electron chi connectivity index (χ3n) is 2.91. The second kappa shape index (κ2) is 4.07. The Hall–Kier alpha value is -1.49. The Morgan fingerprint density at radius 3 is 2.65 bits per heavy atom. The third kappa shape index (κ3) is 2.44. The van der Waals surface area contributed by atoms with E-state index in [1.165, 1.54) is 11.0 Å². The molecule has 17 heavy (non-hydrogen) atoms. The highest BCUT2D eigenvalue weighted by molar-refractivity contribution is 5.94. The molecule has 0 bridgehead atoms. The highest BCUT2D eigenvalue weighted by Gasteiger charge is 2.34. The number of hydrogen-bond acceptors (Lipinski definition) is 2. The van der Waals surface area contributed by atoms with Crippen LogP contribution in [0.1, 0.15) is 23.7 Å². The van der Waals surface area contributed by atoms with Gasteiger partial charge in [-0.3, -0.25) is 4.79 Å². The summed E-state index contributed by atoms with van der Waals surface area (Å²) in [5.41, 5.74) is -0.796. The van der Waals surface area contributed by atoms with Crippen LogP contribution in [-0.4, -0.2) is 34.6 Å². The summed E-state index contributed by atoms with van der Waals surface area (Å²) in [6.45, 7) is 2.28. The van der Waals surface area contributed by atoms with Crippen LogP contribution in [0.15, 0.2) is 18.2 Å². The fourth-order valence-electron chi connectivity index (χ4n) is 1.93. The highest BCUT2D eigenvalue weighted by Crippen LogP contribution is 2.22.